The van der Waals surface area contributed by atoms with Crippen LogP contribution in [0.1, 0.15) is 15.9 Å². The van der Waals surface area contributed by atoms with Crippen LogP contribution < -0.4 is 0 Å². The van der Waals surface area contributed by atoms with Gasteiger partial charge in [-0.1, -0.05) is 53.0 Å². The first kappa shape index (κ1) is 14.1. The van der Waals surface area contributed by atoms with Crippen molar-refractivity contribution in [2.24, 2.45) is 0 Å². The summed E-state index contributed by atoms with van der Waals surface area (Å²) < 4.78 is 0. The molecule has 96 valence electrons. The van der Waals surface area contributed by atoms with Gasteiger partial charge in [0.25, 0.3) is 0 Å². The first-order chi connectivity index (χ1) is 9.09. The fourth-order valence-electron chi connectivity index (χ4n) is 1.58. The van der Waals surface area contributed by atoms with Gasteiger partial charge in [-0.15, -0.1) is 0 Å². The average Bonchev–Trinajstić information content (AvgIpc) is 2.38. The van der Waals surface area contributed by atoms with Gasteiger partial charge in [0.15, 0.2) is 5.78 Å². The Balaban J connectivity index is 2.29. The quantitative estimate of drug-likeness (QED) is 0.537. The van der Waals surface area contributed by atoms with Crippen LogP contribution in [0, 0.1) is 0 Å². The van der Waals surface area contributed by atoms with Crippen LogP contribution in [0.2, 0.25) is 15.1 Å². The molecule has 0 spiro atoms. The molecule has 0 heterocycles. The van der Waals surface area contributed by atoms with E-state index in [9.17, 15) is 4.79 Å². The zero-order valence-corrected chi connectivity index (χ0v) is 12.0. The zero-order chi connectivity index (χ0) is 13.8. The lowest BCUT2D eigenvalue weighted by Crippen LogP contribution is -1.94. The molecule has 0 aliphatic heterocycles. The lowest BCUT2D eigenvalue weighted by atomic mass is 10.1. The topological polar surface area (TPSA) is 17.1 Å². The Hall–Kier alpha value is -1.28. The van der Waals surface area contributed by atoms with E-state index in [0.29, 0.717) is 26.2 Å². The van der Waals surface area contributed by atoms with Crippen LogP contribution >= 0.6 is 34.8 Å². The Morgan fingerprint density at radius 3 is 2.05 bits per heavy atom. The first-order valence-electron chi connectivity index (χ1n) is 5.50. The number of rotatable bonds is 3. The zero-order valence-electron chi connectivity index (χ0n) is 9.74. The van der Waals surface area contributed by atoms with Crippen LogP contribution in [0.25, 0.3) is 6.08 Å². The van der Waals surface area contributed by atoms with Crippen LogP contribution in [0.4, 0.5) is 0 Å². The molecule has 0 saturated carbocycles. The third-order valence-electron chi connectivity index (χ3n) is 2.54. The number of hydrogen-bond acceptors (Lipinski definition) is 1. The third-order valence-corrected chi connectivity index (χ3v) is 3.53. The molecule has 0 aliphatic carbocycles. The van der Waals surface area contributed by atoms with Crippen molar-refractivity contribution in [1.29, 1.82) is 0 Å². The van der Waals surface area contributed by atoms with E-state index >= 15 is 0 Å². The van der Waals surface area contributed by atoms with Crippen LogP contribution in [-0.2, 0) is 0 Å². The highest BCUT2D eigenvalue weighted by Crippen LogP contribution is 2.26. The van der Waals surface area contributed by atoms with Crippen LogP contribution in [0.15, 0.2) is 48.5 Å². The molecular weight excluding hydrogens is 303 g/mol. The van der Waals surface area contributed by atoms with E-state index in [-0.39, 0.29) is 5.78 Å². The van der Waals surface area contributed by atoms with Crippen molar-refractivity contribution in [1.82, 2.24) is 0 Å². The summed E-state index contributed by atoms with van der Waals surface area (Å²) in [5, 5.41) is 1.41. The molecule has 19 heavy (non-hydrogen) atoms. The van der Waals surface area contributed by atoms with E-state index in [2.05, 4.69) is 0 Å². The normalized spacial score (nSPS) is 10.9. The van der Waals surface area contributed by atoms with E-state index in [1.165, 1.54) is 6.08 Å². The highest BCUT2D eigenvalue weighted by Gasteiger charge is 2.07. The van der Waals surface area contributed by atoms with E-state index < -0.39 is 0 Å². The van der Waals surface area contributed by atoms with Gasteiger partial charge in [-0.3, -0.25) is 4.79 Å². The van der Waals surface area contributed by atoms with Gasteiger partial charge in [0, 0.05) is 21.2 Å². The molecule has 0 N–H and O–H groups in total. The van der Waals surface area contributed by atoms with Crippen molar-refractivity contribution >= 4 is 46.7 Å². The summed E-state index contributed by atoms with van der Waals surface area (Å²) in [6.45, 7) is 0. The summed E-state index contributed by atoms with van der Waals surface area (Å²) in [5.74, 6) is -0.193. The molecule has 2 aromatic rings. The number of benzene rings is 2. The van der Waals surface area contributed by atoms with E-state index in [1.807, 2.05) is 0 Å². The highest BCUT2D eigenvalue weighted by molar-refractivity contribution is 6.37. The van der Waals surface area contributed by atoms with Crippen molar-refractivity contribution in [2.45, 2.75) is 0 Å². The molecule has 0 bridgehead atoms. The average molecular weight is 312 g/mol. The van der Waals surface area contributed by atoms with Crippen molar-refractivity contribution < 1.29 is 4.79 Å². The summed E-state index contributed by atoms with van der Waals surface area (Å²) in [7, 11) is 0. The van der Waals surface area contributed by atoms with Crippen LogP contribution in [-0.4, -0.2) is 5.78 Å². The molecule has 0 unspecified atom stereocenters. The van der Waals surface area contributed by atoms with Gasteiger partial charge in [-0.2, -0.15) is 0 Å². The minimum absolute atomic E-state index is 0.193. The molecule has 0 aromatic heterocycles. The molecule has 0 atom stereocenters. The van der Waals surface area contributed by atoms with Gasteiger partial charge < -0.3 is 0 Å². The highest BCUT2D eigenvalue weighted by atomic mass is 35.5. The summed E-state index contributed by atoms with van der Waals surface area (Å²) in [4.78, 5) is 12.0. The molecule has 0 aliphatic rings. The molecular formula is C15H9Cl3O. The minimum Gasteiger partial charge on any atom is -0.289 e. The number of carbonyl (C=O) groups excluding carboxylic acids is 1. The predicted octanol–water partition coefficient (Wildman–Crippen LogP) is 5.54. The van der Waals surface area contributed by atoms with E-state index in [4.69, 9.17) is 34.8 Å². The number of carbonyl (C=O) groups is 1. The van der Waals surface area contributed by atoms with Gasteiger partial charge in [0.1, 0.15) is 0 Å². The summed E-state index contributed by atoms with van der Waals surface area (Å²) in [6, 6.07) is 12.1. The summed E-state index contributed by atoms with van der Waals surface area (Å²) >= 11 is 18.0. The number of allylic oxidation sites excluding steroid dienone is 1. The van der Waals surface area contributed by atoms with E-state index in [0.717, 1.165) is 0 Å². The number of ketones is 1. The maximum Gasteiger partial charge on any atom is 0.187 e. The van der Waals surface area contributed by atoms with Gasteiger partial charge in [-0.05, 0) is 36.4 Å². The lowest BCUT2D eigenvalue weighted by Gasteiger charge is -2.01. The molecule has 2 rings (SSSR count). The van der Waals surface area contributed by atoms with Crippen LogP contribution in [0.5, 0.6) is 0 Å². The second kappa shape index (κ2) is 6.25. The van der Waals surface area contributed by atoms with Crippen LogP contribution in [0.3, 0.4) is 0 Å². The molecule has 0 amide bonds. The SMILES string of the molecule is O=C(/C=C/c1c(Cl)cccc1Cl)c1ccccc1Cl. The molecule has 0 saturated heterocycles. The van der Waals surface area contributed by atoms with Crippen molar-refractivity contribution in [3.63, 3.8) is 0 Å². The number of hydrogen-bond donors (Lipinski definition) is 0. The van der Waals surface area contributed by atoms with Gasteiger partial charge >= 0.3 is 0 Å². The molecule has 0 radical (unpaired) electrons. The van der Waals surface area contributed by atoms with Crippen molar-refractivity contribution in [3.8, 4) is 0 Å². The Morgan fingerprint density at radius 2 is 1.42 bits per heavy atom. The Morgan fingerprint density at radius 1 is 0.842 bits per heavy atom. The Kier molecular flexibility index (Phi) is 4.65. The molecule has 2 aromatic carbocycles. The number of halogens is 3. The van der Waals surface area contributed by atoms with E-state index in [1.54, 1.807) is 48.5 Å². The predicted molar refractivity (Wildman–Crippen MR) is 81.3 cm³/mol. The third kappa shape index (κ3) is 3.38. The summed E-state index contributed by atoms with van der Waals surface area (Å²) in [6.07, 6.45) is 3.00. The van der Waals surface area contributed by atoms with Gasteiger partial charge in [0.2, 0.25) is 0 Å². The summed E-state index contributed by atoms with van der Waals surface area (Å²) in [5.41, 5.74) is 1.06. The molecule has 1 nitrogen and oxygen atoms in total. The second-order valence-electron chi connectivity index (χ2n) is 3.81. The Labute approximate surface area is 126 Å². The van der Waals surface area contributed by atoms with Crippen molar-refractivity contribution in [2.75, 3.05) is 0 Å². The maximum absolute atomic E-state index is 12.0. The van der Waals surface area contributed by atoms with Gasteiger partial charge in [0.05, 0.1) is 5.02 Å². The fraction of sp³-hybridized carbons (Fsp3) is 0. The van der Waals surface area contributed by atoms with Crippen molar-refractivity contribution in [3.05, 3.63) is 74.7 Å². The monoisotopic (exact) mass is 310 g/mol. The fourth-order valence-corrected chi connectivity index (χ4v) is 2.33. The largest absolute Gasteiger partial charge is 0.289 e. The second-order valence-corrected chi connectivity index (χ2v) is 5.03. The Bertz CT molecular complexity index is 627. The smallest absolute Gasteiger partial charge is 0.187 e. The maximum atomic E-state index is 12.0. The first-order valence-corrected chi connectivity index (χ1v) is 6.64. The van der Waals surface area contributed by atoms with Gasteiger partial charge in [-0.25, -0.2) is 0 Å². The molecule has 4 heteroatoms. The minimum atomic E-state index is -0.193. The lowest BCUT2D eigenvalue weighted by molar-refractivity contribution is 0.104. The standard InChI is InChI=1S/C15H9Cl3O/c16-12-6-3-7-13(17)10(12)8-9-15(19)11-4-1-2-5-14(11)18/h1-9H/b9-8+. The molecule has 0 fully saturated rings.